The molecule has 1 aliphatic rings. The first kappa shape index (κ1) is 10.3. The monoisotopic (exact) mass is 204 g/mol. The van der Waals surface area contributed by atoms with Gasteiger partial charge < -0.3 is 15.5 Å². The summed E-state index contributed by atoms with van der Waals surface area (Å²) >= 11 is 0. The van der Waals surface area contributed by atoms with Crippen molar-refractivity contribution in [3.8, 4) is 0 Å². The van der Waals surface area contributed by atoms with Gasteiger partial charge in [-0.3, -0.25) is 0 Å². The minimum absolute atomic E-state index is 0.643. The van der Waals surface area contributed by atoms with Gasteiger partial charge in [0.05, 0.1) is 11.4 Å². The van der Waals surface area contributed by atoms with Gasteiger partial charge in [-0.2, -0.15) is 0 Å². The van der Waals surface area contributed by atoms with Crippen molar-refractivity contribution >= 4 is 11.4 Å². The molecule has 0 aliphatic carbocycles. The van der Waals surface area contributed by atoms with Crippen molar-refractivity contribution in [2.45, 2.75) is 12.5 Å². The summed E-state index contributed by atoms with van der Waals surface area (Å²) in [6.07, 6.45) is 1.21. The van der Waals surface area contributed by atoms with Crippen LogP contribution in [0.3, 0.4) is 0 Å². The number of hydrogen-bond acceptors (Lipinski definition) is 3. The van der Waals surface area contributed by atoms with E-state index in [0.29, 0.717) is 6.04 Å². The molecule has 0 aromatic heterocycles. The summed E-state index contributed by atoms with van der Waals surface area (Å²) in [4.78, 5) is 4.62. The number of likely N-dealkylation sites (N-methyl/N-ethyl adjacent to an activating group) is 1. The molecular weight excluding hydrogens is 186 g/mol. The molecule has 81 valence electrons. The van der Waals surface area contributed by atoms with E-state index in [0.717, 1.165) is 24.5 Å². The highest BCUT2D eigenvalue weighted by Gasteiger charge is 2.24. The van der Waals surface area contributed by atoms with E-state index in [1.54, 1.807) is 0 Å². The maximum Gasteiger partial charge on any atom is 0.0606 e. The molecule has 0 spiro atoms. The Hall–Kier alpha value is -1.22. The minimum atomic E-state index is 0.643. The van der Waals surface area contributed by atoms with Crippen LogP contribution in [-0.4, -0.2) is 38.1 Å². The Labute approximate surface area is 91.5 Å². The number of nitrogens with two attached hydrogens (primary N) is 1. The van der Waals surface area contributed by atoms with Crippen LogP contribution >= 0.6 is 0 Å². The molecule has 0 amide bonds. The molecule has 1 unspecified atom stereocenters. The third-order valence-corrected chi connectivity index (χ3v) is 3.11. The molecule has 1 aromatic rings. The fourth-order valence-electron chi connectivity index (χ4n) is 2.09. The first-order valence-electron chi connectivity index (χ1n) is 5.35. The van der Waals surface area contributed by atoms with Crippen LogP contribution in [0.15, 0.2) is 18.2 Å². The zero-order valence-electron chi connectivity index (χ0n) is 9.40. The number of rotatable bonds is 2. The quantitative estimate of drug-likeness (QED) is 0.735. The molecule has 1 aliphatic heterocycles. The normalized spacial score (nSPS) is 21.3. The van der Waals surface area contributed by atoms with Crippen molar-refractivity contribution in [1.29, 1.82) is 0 Å². The van der Waals surface area contributed by atoms with Crippen molar-refractivity contribution in [3.63, 3.8) is 0 Å². The highest BCUT2D eigenvalue weighted by atomic mass is 15.2. The van der Waals surface area contributed by atoms with Gasteiger partial charge in [0, 0.05) is 19.1 Å². The van der Waals surface area contributed by atoms with Crippen LogP contribution in [0.4, 0.5) is 11.4 Å². The predicted molar refractivity (Wildman–Crippen MR) is 64.0 cm³/mol. The second-order valence-corrected chi connectivity index (χ2v) is 4.34. The van der Waals surface area contributed by atoms with E-state index in [-0.39, 0.29) is 0 Å². The molecule has 1 aromatic carbocycles. The molecule has 15 heavy (non-hydrogen) atoms. The van der Waals surface area contributed by atoms with Gasteiger partial charge in [0.15, 0.2) is 0 Å². The van der Waals surface area contributed by atoms with Crippen LogP contribution < -0.4 is 10.6 Å². The number of nitrogen functional groups attached to an aromatic ring is 1. The highest BCUT2D eigenvalue weighted by molar-refractivity contribution is 5.67. The zero-order valence-corrected chi connectivity index (χ0v) is 9.40. The van der Waals surface area contributed by atoms with Gasteiger partial charge in [-0.1, -0.05) is 6.07 Å². The van der Waals surface area contributed by atoms with Crippen molar-refractivity contribution in [2.75, 3.05) is 37.8 Å². The standard InChI is InChI=1S/C12H18N3/c1-14(2)10-7-8-15(9-10)12-6-4-3-5-11(12)13/h3,5-6,10H,7-9,13H2,1-2H3. The van der Waals surface area contributed by atoms with Crippen molar-refractivity contribution in [3.05, 3.63) is 24.3 Å². The lowest BCUT2D eigenvalue weighted by Gasteiger charge is -2.22. The van der Waals surface area contributed by atoms with Crippen LogP contribution in [0.5, 0.6) is 0 Å². The number of hydrogen-bond donors (Lipinski definition) is 1. The molecule has 1 saturated heterocycles. The van der Waals surface area contributed by atoms with Crippen molar-refractivity contribution < 1.29 is 0 Å². The lowest BCUT2D eigenvalue weighted by molar-refractivity contribution is 0.315. The molecule has 1 heterocycles. The second-order valence-electron chi connectivity index (χ2n) is 4.34. The third kappa shape index (κ3) is 2.07. The summed E-state index contributed by atoms with van der Waals surface area (Å²) in [7, 11) is 4.27. The van der Waals surface area contributed by atoms with E-state index < -0.39 is 0 Å². The third-order valence-electron chi connectivity index (χ3n) is 3.11. The molecule has 3 nitrogen and oxygen atoms in total. The average Bonchev–Trinajstić information content (AvgIpc) is 2.67. The lowest BCUT2D eigenvalue weighted by Crippen LogP contribution is -2.31. The fourth-order valence-corrected chi connectivity index (χ4v) is 2.09. The van der Waals surface area contributed by atoms with Crippen LogP contribution in [0.1, 0.15) is 6.42 Å². The van der Waals surface area contributed by atoms with Gasteiger partial charge >= 0.3 is 0 Å². The summed E-state index contributed by atoms with van der Waals surface area (Å²) in [6, 6.07) is 9.48. The molecular formula is C12H18N3. The molecule has 0 saturated carbocycles. The van der Waals surface area contributed by atoms with Crippen LogP contribution in [-0.2, 0) is 0 Å². The van der Waals surface area contributed by atoms with E-state index in [4.69, 9.17) is 5.73 Å². The molecule has 1 atom stereocenters. The lowest BCUT2D eigenvalue weighted by atomic mass is 10.2. The Morgan fingerprint density at radius 2 is 2.33 bits per heavy atom. The van der Waals surface area contributed by atoms with E-state index >= 15 is 0 Å². The first-order chi connectivity index (χ1) is 7.18. The van der Waals surface area contributed by atoms with Gasteiger partial charge in [0.25, 0.3) is 0 Å². The molecule has 2 N–H and O–H groups in total. The SMILES string of the molecule is CN(C)C1CCN(c2c[c]ccc2N)C1. The van der Waals surface area contributed by atoms with E-state index in [9.17, 15) is 0 Å². The van der Waals surface area contributed by atoms with Crippen LogP contribution in [0.25, 0.3) is 0 Å². The second kappa shape index (κ2) is 4.11. The number of anilines is 2. The Kier molecular flexibility index (Phi) is 2.82. The number of nitrogens with zero attached hydrogens (tertiary/aromatic N) is 2. The molecule has 1 radical (unpaired) electrons. The summed E-state index contributed by atoms with van der Waals surface area (Å²) in [6.45, 7) is 2.15. The average molecular weight is 204 g/mol. The zero-order chi connectivity index (χ0) is 10.8. The molecule has 1 fully saturated rings. The Morgan fingerprint density at radius 1 is 1.53 bits per heavy atom. The van der Waals surface area contributed by atoms with Crippen molar-refractivity contribution in [2.24, 2.45) is 0 Å². The summed E-state index contributed by atoms with van der Waals surface area (Å²) in [5, 5.41) is 0. The molecule has 3 heteroatoms. The first-order valence-corrected chi connectivity index (χ1v) is 5.35. The van der Waals surface area contributed by atoms with Gasteiger partial charge in [-0.05, 0) is 38.7 Å². The maximum absolute atomic E-state index is 5.95. The summed E-state index contributed by atoms with van der Waals surface area (Å²) in [5.74, 6) is 0. The predicted octanol–water partition coefficient (Wildman–Crippen LogP) is 1.21. The van der Waals surface area contributed by atoms with Crippen LogP contribution in [0.2, 0.25) is 0 Å². The Balaban J connectivity index is 2.11. The molecule has 0 bridgehead atoms. The van der Waals surface area contributed by atoms with Gasteiger partial charge in [0.2, 0.25) is 0 Å². The van der Waals surface area contributed by atoms with Gasteiger partial charge in [0.1, 0.15) is 0 Å². The van der Waals surface area contributed by atoms with E-state index in [1.165, 1.54) is 6.42 Å². The Bertz CT molecular complexity index is 335. The van der Waals surface area contributed by atoms with Gasteiger partial charge in [-0.25, -0.2) is 0 Å². The fraction of sp³-hybridized carbons (Fsp3) is 0.500. The largest absolute Gasteiger partial charge is 0.397 e. The summed E-state index contributed by atoms with van der Waals surface area (Å²) in [5.41, 5.74) is 7.93. The van der Waals surface area contributed by atoms with Crippen molar-refractivity contribution in [1.82, 2.24) is 4.90 Å². The number of benzene rings is 1. The minimum Gasteiger partial charge on any atom is -0.397 e. The van der Waals surface area contributed by atoms with Gasteiger partial charge in [-0.15, -0.1) is 0 Å². The topological polar surface area (TPSA) is 32.5 Å². The van der Waals surface area contributed by atoms with E-state index in [1.807, 2.05) is 18.2 Å². The maximum atomic E-state index is 5.95. The summed E-state index contributed by atoms with van der Waals surface area (Å²) < 4.78 is 0. The van der Waals surface area contributed by atoms with Crippen LogP contribution in [0, 0.1) is 6.07 Å². The van der Waals surface area contributed by atoms with E-state index in [2.05, 4.69) is 30.0 Å². The molecule has 2 rings (SSSR count). The Morgan fingerprint density at radius 3 is 2.93 bits per heavy atom. The smallest absolute Gasteiger partial charge is 0.0606 e. The highest BCUT2D eigenvalue weighted by Crippen LogP contribution is 2.26.